The molecule has 0 bridgehead atoms. The molecule has 0 fully saturated rings. The summed E-state index contributed by atoms with van der Waals surface area (Å²) in [5.74, 6) is 0. The third kappa shape index (κ3) is 10.9. The second kappa shape index (κ2) is 30.4. The Bertz CT molecular complexity index is 6.00. The second-order valence-electron chi connectivity index (χ2n) is 0. The van der Waals surface area contributed by atoms with Crippen molar-refractivity contribution in [2.45, 2.75) is 0 Å². The molecule has 0 aromatic carbocycles. The monoisotopic (exact) mass is 225 g/mol. The van der Waals surface area contributed by atoms with Crippen LogP contribution in [-0.4, -0.2) is 23.9 Å². The Morgan fingerprint density at radius 1 is 0.750 bits per heavy atom. The molecule has 0 aromatic heterocycles. The summed E-state index contributed by atoms with van der Waals surface area (Å²) in [7, 11) is 0. The second-order valence-corrected chi connectivity index (χ2v) is 0. The van der Waals surface area contributed by atoms with Crippen LogP contribution in [0.15, 0.2) is 0 Å². The van der Waals surface area contributed by atoms with Gasteiger partial charge in [0.25, 0.3) is 0 Å². The average molecular weight is 224 g/mol. The fraction of sp³-hybridized carbons (Fsp3) is 0. The fourth-order valence-corrected chi connectivity index (χ4v) is 0. The molecular formula is H4CuF2Sn. The van der Waals surface area contributed by atoms with Crippen molar-refractivity contribution < 1.29 is 26.5 Å². The maximum atomic E-state index is 0. The van der Waals surface area contributed by atoms with Gasteiger partial charge in [0.1, 0.15) is 0 Å². The molecule has 0 spiro atoms. The van der Waals surface area contributed by atoms with Gasteiger partial charge in [0.15, 0.2) is 0 Å². The molecule has 0 aliphatic rings. The van der Waals surface area contributed by atoms with Crippen LogP contribution in [0.5, 0.6) is 0 Å². The van der Waals surface area contributed by atoms with Crippen molar-refractivity contribution in [3.05, 3.63) is 0 Å². The molecular weight excluding hydrogens is 220 g/mol. The molecule has 4 heteroatoms. The minimum atomic E-state index is 0. The predicted molar refractivity (Wildman–Crippen MR) is 13.5 cm³/mol. The van der Waals surface area contributed by atoms with Gasteiger partial charge in [-0.25, -0.2) is 0 Å². The van der Waals surface area contributed by atoms with Gasteiger partial charge in [-0.1, -0.05) is 0 Å². The van der Waals surface area contributed by atoms with Gasteiger partial charge in [-0.2, -0.15) is 0 Å². The molecule has 0 heterocycles. The standard InChI is InChI=1S/Cu.2FH.Sn.2H/h;2*1H;;;. The zero-order valence-corrected chi connectivity index (χ0v) is 6.80. The number of rotatable bonds is 0. The Balaban J connectivity index is 0. The Morgan fingerprint density at radius 3 is 0.750 bits per heavy atom. The van der Waals surface area contributed by atoms with Crippen LogP contribution < -0.4 is 0 Å². The first kappa shape index (κ1) is 65.1. The van der Waals surface area contributed by atoms with Crippen molar-refractivity contribution in [3.8, 4) is 0 Å². The molecule has 33 valence electrons. The van der Waals surface area contributed by atoms with Gasteiger partial charge in [-0.05, 0) is 0 Å². The summed E-state index contributed by atoms with van der Waals surface area (Å²) in [4.78, 5) is 0. The summed E-state index contributed by atoms with van der Waals surface area (Å²) in [6, 6.07) is 0. The van der Waals surface area contributed by atoms with E-state index < -0.39 is 0 Å². The van der Waals surface area contributed by atoms with Crippen LogP contribution in [0.1, 0.15) is 0 Å². The topological polar surface area (TPSA) is 0 Å². The molecule has 0 N–H and O–H groups in total. The van der Waals surface area contributed by atoms with Crippen LogP contribution in [0.4, 0.5) is 9.41 Å². The zero-order chi connectivity index (χ0) is 0. The molecule has 0 atom stereocenters. The van der Waals surface area contributed by atoms with Gasteiger partial charge in [0, 0.05) is 17.1 Å². The van der Waals surface area contributed by atoms with Crippen LogP contribution in [0, 0.1) is 0 Å². The first-order chi connectivity index (χ1) is 0. The quantitative estimate of drug-likeness (QED) is 0.481. The van der Waals surface area contributed by atoms with Gasteiger partial charge in [0.05, 0.1) is 0 Å². The summed E-state index contributed by atoms with van der Waals surface area (Å²) in [6.07, 6.45) is 0. The number of hydrogen-bond donors (Lipinski definition) is 0. The van der Waals surface area contributed by atoms with Gasteiger partial charge in [0.2, 0.25) is 0 Å². The van der Waals surface area contributed by atoms with Crippen LogP contribution in [-0.2, 0) is 17.1 Å². The van der Waals surface area contributed by atoms with Gasteiger partial charge in [-0.3, -0.25) is 9.41 Å². The summed E-state index contributed by atoms with van der Waals surface area (Å²) in [5, 5.41) is 0. The van der Waals surface area contributed by atoms with E-state index in [1.165, 1.54) is 0 Å². The van der Waals surface area contributed by atoms with Crippen molar-refractivity contribution in [2.24, 2.45) is 0 Å². The van der Waals surface area contributed by atoms with Gasteiger partial charge >= 0.3 is 23.9 Å². The minimum absolute atomic E-state index is 0. The SMILES string of the molecule is F.F.[Cu].[SnH2]. The average Bonchev–Trinajstić information content (AvgIpc) is 0. The van der Waals surface area contributed by atoms with Gasteiger partial charge in [-0.15, -0.1) is 0 Å². The van der Waals surface area contributed by atoms with E-state index in [9.17, 15) is 0 Å². The van der Waals surface area contributed by atoms with Crippen molar-refractivity contribution in [3.63, 3.8) is 0 Å². The first-order valence-electron chi connectivity index (χ1n) is 0. The van der Waals surface area contributed by atoms with Crippen LogP contribution in [0.25, 0.3) is 0 Å². The van der Waals surface area contributed by atoms with Crippen molar-refractivity contribution >= 4 is 23.9 Å². The van der Waals surface area contributed by atoms with Crippen molar-refractivity contribution in [2.75, 3.05) is 0 Å². The van der Waals surface area contributed by atoms with Crippen molar-refractivity contribution in [1.29, 1.82) is 0 Å². The number of hydrogen-bond acceptors (Lipinski definition) is 0. The third-order valence-electron chi connectivity index (χ3n) is 0. The normalized spacial score (nSPS) is 0. The molecule has 0 rings (SSSR count). The Kier molecular flexibility index (Phi) is 495. The molecule has 0 aliphatic heterocycles. The van der Waals surface area contributed by atoms with E-state index in [-0.39, 0.29) is 50.4 Å². The Hall–Kier alpha value is 1.18. The van der Waals surface area contributed by atoms with E-state index >= 15 is 0 Å². The summed E-state index contributed by atoms with van der Waals surface area (Å²) < 4.78 is 0. The van der Waals surface area contributed by atoms with E-state index in [1.807, 2.05) is 0 Å². The first-order valence-corrected chi connectivity index (χ1v) is 0. The molecule has 0 amide bonds. The van der Waals surface area contributed by atoms with E-state index in [4.69, 9.17) is 0 Å². The summed E-state index contributed by atoms with van der Waals surface area (Å²) in [6.45, 7) is 0. The molecule has 3 radical (unpaired) electrons. The molecule has 0 nitrogen and oxygen atoms in total. The predicted octanol–water partition coefficient (Wildman–Crippen LogP) is -0.614. The zero-order valence-electron chi connectivity index (χ0n) is 1.83. The van der Waals surface area contributed by atoms with Crippen LogP contribution in [0.2, 0.25) is 0 Å². The van der Waals surface area contributed by atoms with E-state index in [2.05, 4.69) is 0 Å². The van der Waals surface area contributed by atoms with E-state index in [1.54, 1.807) is 0 Å². The molecule has 0 unspecified atom stereocenters. The van der Waals surface area contributed by atoms with E-state index in [0.29, 0.717) is 0 Å². The Labute approximate surface area is 50.5 Å². The van der Waals surface area contributed by atoms with Crippen molar-refractivity contribution in [1.82, 2.24) is 0 Å². The molecule has 4 heavy (non-hydrogen) atoms. The fourth-order valence-electron chi connectivity index (χ4n) is 0. The summed E-state index contributed by atoms with van der Waals surface area (Å²) in [5.41, 5.74) is 0. The van der Waals surface area contributed by atoms with Crippen LogP contribution in [0.3, 0.4) is 0 Å². The van der Waals surface area contributed by atoms with Gasteiger partial charge < -0.3 is 0 Å². The molecule has 0 aromatic rings. The molecule has 0 saturated carbocycles. The van der Waals surface area contributed by atoms with E-state index in [0.717, 1.165) is 0 Å². The third-order valence-corrected chi connectivity index (χ3v) is 0. The molecule has 0 saturated heterocycles. The Morgan fingerprint density at radius 2 is 0.750 bits per heavy atom. The van der Waals surface area contributed by atoms with Crippen LogP contribution >= 0.6 is 0 Å². The molecule has 0 aliphatic carbocycles. The summed E-state index contributed by atoms with van der Waals surface area (Å²) >= 11 is 0. The number of halogens is 2. The maximum absolute atomic E-state index is 0.